The van der Waals surface area contributed by atoms with Crippen LogP contribution in [-0.2, 0) is 13.0 Å². The predicted molar refractivity (Wildman–Crippen MR) is 57.3 cm³/mol. The molecule has 78 valence electrons. The predicted octanol–water partition coefficient (Wildman–Crippen LogP) is 0.885. The van der Waals surface area contributed by atoms with Gasteiger partial charge in [-0.15, -0.1) is 0 Å². The second kappa shape index (κ2) is 4.75. The van der Waals surface area contributed by atoms with Crippen LogP contribution in [0.4, 0.5) is 0 Å². The summed E-state index contributed by atoms with van der Waals surface area (Å²) in [6.45, 7) is 0.815. The van der Waals surface area contributed by atoms with Crippen LogP contribution in [0, 0.1) is 0 Å². The third-order valence-electron chi connectivity index (χ3n) is 2.41. The minimum Gasteiger partial charge on any atom is -0.392 e. The zero-order valence-electron chi connectivity index (χ0n) is 8.56. The van der Waals surface area contributed by atoms with Crippen molar-refractivity contribution in [1.29, 1.82) is 0 Å². The Balaban J connectivity index is 2.14. The Morgan fingerprint density at radius 3 is 2.73 bits per heavy atom. The van der Waals surface area contributed by atoms with Gasteiger partial charge in [0.25, 0.3) is 5.82 Å². The van der Waals surface area contributed by atoms with Crippen LogP contribution in [-0.4, -0.2) is 16.7 Å². The van der Waals surface area contributed by atoms with Crippen LogP contribution in [0.3, 0.4) is 0 Å². The fourth-order valence-electron chi connectivity index (χ4n) is 1.66. The van der Waals surface area contributed by atoms with Gasteiger partial charge in [0.1, 0.15) is 18.9 Å². The van der Waals surface area contributed by atoms with Crippen LogP contribution in [0.2, 0.25) is 0 Å². The van der Waals surface area contributed by atoms with Crippen molar-refractivity contribution in [2.24, 2.45) is 0 Å². The first-order valence-corrected chi connectivity index (χ1v) is 5.10. The highest BCUT2D eigenvalue weighted by Gasteiger charge is 2.09. The number of H-pyrrole nitrogens is 1. The lowest BCUT2D eigenvalue weighted by atomic mass is 10.1. The Bertz CT molecular complexity index is 409. The van der Waals surface area contributed by atoms with E-state index in [1.54, 1.807) is 0 Å². The van der Waals surface area contributed by atoms with Gasteiger partial charge in [-0.3, -0.25) is 0 Å². The number of benzene rings is 1. The van der Waals surface area contributed by atoms with Crippen LogP contribution in [0.5, 0.6) is 0 Å². The lowest BCUT2D eigenvalue weighted by Crippen LogP contribution is -2.37. The van der Waals surface area contributed by atoms with Gasteiger partial charge in [0, 0.05) is 0 Å². The summed E-state index contributed by atoms with van der Waals surface area (Å²) in [5.74, 6) is 1.12. The monoisotopic (exact) mass is 203 g/mol. The lowest BCUT2D eigenvalue weighted by Gasteiger charge is -1.99. The van der Waals surface area contributed by atoms with Crippen molar-refractivity contribution in [1.82, 2.24) is 4.98 Å². The van der Waals surface area contributed by atoms with E-state index in [1.807, 2.05) is 35.2 Å². The number of hydrogen-bond donors (Lipinski definition) is 2. The zero-order chi connectivity index (χ0) is 10.5. The average Bonchev–Trinajstić information content (AvgIpc) is 2.68. The Morgan fingerprint density at radius 2 is 2.00 bits per heavy atom. The number of aromatic amines is 1. The van der Waals surface area contributed by atoms with Crippen molar-refractivity contribution in [3.05, 3.63) is 54.1 Å². The minimum atomic E-state index is 0.171. The van der Waals surface area contributed by atoms with E-state index in [-0.39, 0.29) is 6.61 Å². The molecule has 0 unspecified atom stereocenters. The smallest absolute Gasteiger partial charge is 0.258 e. The first-order chi connectivity index (χ1) is 7.40. The highest BCUT2D eigenvalue weighted by atomic mass is 16.3. The van der Waals surface area contributed by atoms with E-state index in [9.17, 15) is 0 Å². The number of imidazole rings is 1. The quantitative estimate of drug-likeness (QED) is 0.712. The molecule has 0 aliphatic rings. The molecule has 1 aromatic carbocycles. The van der Waals surface area contributed by atoms with E-state index >= 15 is 0 Å². The largest absolute Gasteiger partial charge is 0.392 e. The Kier molecular flexibility index (Phi) is 3.15. The molecule has 0 saturated heterocycles. The van der Waals surface area contributed by atoms with Crippen molar-refractivity contribution >= 4 is 0 Å². The molecule has 0 aliphatic carbocycles. The molecule has 1 aromatic heterocycles. The number of hydrogen-bond acceptors (Lipinski definition) is 1. The maximum Gasteiger partial charge on any atom is 0.258 e. The molecule has 0 spiro atoms. The average molecular weight is 203 g/mol. The molecule has 2 aromatic rings. The second-order valence-electron chi connectivity index (χ2n) is 3.49. The van der Waals surface area contributed by atoms with E-state index < -0.39 is 0 Å². The van der Waals surface area contributed by atoms with Gasteiger partial charge in [-0.05, 0) is 5.56 Å². The molecule has 15 heavy (non-hydrogen) atoms. The molecule has 3 heteroatoms. The van der Waals surface area contributed by atoms with E-state index in [0.717, 1.165) is 12.2 Å². The first-order valence-electron chi connectivity index (χ1n) is 5.10. The van der Waals surface area contributed by atoms with Crippen LogP contribution in [0.25, 0.3) is 0 Å². The number of aliphatic hydroxyl groups is 1. The van der Waals surface area contributed by atoms with Crippen LogP contribution in [0.15, 0.2) is 42.7 Å². The van der Waals surface area contributed by atoms with Gasteiger partial charge in [-0.1, -0.05) is 30.3 Å². The minimum absolute atomic E-state index is 0.171. The summed E-state index contributed by atoms with van der Waals surface area (Å²) in [7, 11) is 0. The van der Waals surface area contributed by atoms with Crippen molar-refractivity contribution in [2.75, 3.05) is 6.61 Å². The summed E-state index contributed by atoms with van der Waals surface area (Å²) in [4.78, 5) is 3.19. The van der Waals surface area contributed by atoms with E-state index in [4.69, 9.17) is 5.11 Å². The summed E-state index contributed by atoms with van der Waals surface area (Å²) >= 11 is 0. The first kappa shape index (κ1) is 9.93. The Labute approximate surface area is 89.0 Å². The fourth-order valence-corrected chi connectivity index (χ4v) is 1.66. The molecule has 0 saturated carbocycles. The lowest BCUT2D eigenvalue weighted by molar-refractivity contribution is -0.703. The van der Waals surface area contributed by atoms with Gasteiger partial charge < -0.3 is 5.11 Å². The zero-order valence-corrected chi connectivity index (χ0v) is 8.56. The van der Waals surface area contributed by atoms with Crippen LogP contribution < -0.4 is 4.57 Å². The molecule has 0 aliphatic heterocycles. The van der Waals surface area contributed by atoms with E-state index in [1.165, 1.54) is 5.56 Å². The standard InChI is InChI=1S/C12H14N2O/c15-9-8-14-7-6-13-12(14)10-11-4-2-1-3-5-11/h1-7,15H,8-10H2/p+1. The third kappa shape index (κ3) is 2.44. The summed E-state index contributed by atoms with van der Waals surface area (Å²) in [6, 6.07) is 10.3. The number of aromatic nitrogens is 2. The molecule has 0 atom stereocenters. The van der Waals surface area contributed by atoms with Crippen molar-refractivity contribution in [3.8, 4) is 0 Å². The van der Waals surface area contributed by atoms with Gasteiger partial charge in [-0.2, -0.15) is 0 Å². The molecule has 0 bridgehead atoms. The molecular formula is C12H15N2O+. The summed E-state index contributed by atoms with van der Waals surface area (Å²) in [6.07, 6.45) is 4.72. The Morgan fingerprint density at radius 1 is 1.20 bits per heavy atom. The normalized spacial score (nSPS) is 10.5. The number of nitrogens with one attached hydrogen (secondary N) is 1. The van der Waals surface area contributed by atoms with Crippen molar-refractivity contribution < 1.29 is 9.67 Å². The second-order valence-corrected chi connectivity index (χ2v) is 3.49. The summed E-state index contributed by atoms with van der Waals surface area (Å²) in [5.41, 5.74) is 1.27. The fraction of sp³-hybridized carbons (Fsp3) is 0.250. The van der Waals surface area contributed by atoms with Crippen molar-refractivity contribution in [3.63, 3.8) is 0 Å². The molecular weight excluding hydrogens is 188 g/mol. The van der Waals surface area contributed by atoms with Gasteiger partial charge >= 0.3 is 0 Å². The van der Waals surface area contributed by atoms with Gasteiger partial charge in [0.05, 0.1) is 13.0 Å². The summed E-state index contributed by atoms with van der Waals surface area (Å²) in [5, 5.41) is 8.89. The molecule has 2 N–H and O–H groups in total. The highest BCUT2D eigenvalue weighted by Crippen LogP contribution is 2.03. The molecule has 3 nitrogen and oxygen atoms in total. The van der Waals surface area contributed by atoms with Crippen LogP contribution in [0.1, 0.15) is 11.4 Å². The maximum absolute atomic E-state index is 8.89. The molecule has 1 heterocycles. The summed E-state index contributed by atoms with van der Waals surface area (Å²) < 4.78 is 2.03. The van der Waals surface area contributed by atoms with E-state index in [0.29, 0.717) is 6.54 Å². The van der Waals surface area contributed by atoms with Crippen LogP contribution >= 0.6 is 0 Å². The Hall–Kier alpha value is -1.61. The van der Waals surface area contributed by atoms with Gasteiger partial charge in [-0.25, -0.2) is 9.55 Å². The topological polar surface area (TPSA) is 39.9 Å². The molecule has 0 radical (unpaired) electrons. The SMILES string of the molecule is OCC[n+]1cc[nH]c1Cc1ccccc1. The number of nitrogens with zero attached hydrogens (tertiary/aromatic N) is 1. The van der Waals surface area contributed by atoms with E-state index in [2.05, 4.69) is 17.1 Å². The molecule has 0 fully saturated rings. The molecule has 2 rings (SSSR count). The van der Waals surface area contributed by atoms with Gasteiger partial charge in [0.15, 0.2) is 0 Å². The molecule has 0 amide bonds. The van der Waals surface area contributed by atoms with Gasteiger partial charge in [0.2, 0.25) is 0 Å². The maximum atomic E-state index is 8.89. The number of aliphatic hydroxyl groups excluding tert-OH is 1. The number of rotatable bonds is 4. The highest BCUT2D eigenvalue weighted by molar-refractivity contribution is 5.17. The third-order valence-corrected chi connectivity index (χ3v) is 2.41. The van der Waals surface area contributed by atoms with Crippen molar-refractivity contribution in [2.45, 2.75) is 13.0 Å².